The number of aromatic nitrogens is 4. The number of ether oxygens (including phenoxy) is 2. The van der Waals surface area contributed by atoms with Crippen molar-refractivity contribution >= 4 is 87.2 Å². The molecule has 0 spiro atoms. The molecule has 0 unspecified atom stereocenters. The van der Waals surface area contributed by atoms with Crippen LogP contribution in [0.25, 0.3) is 0 Å². The highest BCUT2D eigenvalue weighted by molar-refractivity contribution is 6.66. The molecule has 390 valence electrons. The van der Waals surface area contributed by atoms with Crippen molar-refractivity contribution in [3.05, 3.63) is 90.5 Å². The summed E-state index contributed by atoms with van der Waals surface area (Å²) in [6, 6.07) is 11.6. The predicted octanol–water partition coefficient (Wildman–Crippen LogP) is 10.3. The van der Waals surface area contributed by atoms with E-state index < -0.39 is 32.9 Å². The molecule has 2 aliphatic rings. The third-order valence-electron chi connectivity index (χ3n) is 11.6. The first-order valence-corrected chi connectivity index (χ1v) is 24.8. The molecule has 71 heavy (non-hydrogen) atoms. The molecule has 20 heteroatoms. The second-order valence-electron chi connectivity index (χ2n) is 19.5. The quantitative estimate of drug-likeness (QED) is 0.0375. The number of hydrogen-bond donors (Lipinski definition) is 5. The summed E-state index contributed by atoms with van der Waals surface area (Å²) in [5, 5.41) is 22.6. The summed E-state index contributed by atoms with van der Waals surface area (Å²) in [5.41, 5.74) is 16.2. The molecule has 2 aliphatic carbocycles. The standard InChI is InChI=1S/C25H34N4O3.C19H30N2O2.C4H5N3.C3H3Cl3O3/c1-17(2)14-29(15-18(3)4)22-7-6-20(25(24(31)32)8-5-9-25)11-21(22)28-23(30)10-19-12-26-16-27-13-19;1-13(2)11-21(12-14(3)4)17-7-6-15(10-16(17)20)19(18(22)23)8-5-9-19;5-4-1-6-3-7-2-4;1-8-2(7)9-3(4,5)6/h6-7,11-13,16-18H,5,8-10,14-15H2,1-4H3,(H,28,30)(H,31,32);6-7,10,13-14H,5,8-9,11-12,20H2,1-4H3,(H,22,23);1-3H,5H2;1H3. The Labute approximate surface area is 433 Å². The highest BCUT2D eigenvalue weighted by Crippen LogP contribution is 2.47. The minimum atomic E-state index is -2.03. The highest BCUT2D eigenvalue weighted by Gasteiger charge is 2.47. The number of amides is 1. The highest BCUT2D eigenvalue weighted by atomic mass is 35.6. The first kappa shape index (κ1) is 59.7. The molecule has 0 radical (unpaired) electrons. The molecular formula is C51H72Cl3N9O8. The Kier molecular flexibility index (Phi) is 23.4. The molecule has 2 heterocycles. The number of hydrogen-bond acceptors (Lipinski definition) is 14. The number of methoxy groups -OCH3 is 1. The Morgan fingerprint density at radius 1 is 0.676 bits per heavy atom. The van der Waals surface area contributed by atoms with Crippen molar-refractivity contribution in [3.63, 3.8) is 0 Å². The van der Waals surface area contributed by atoms with Crippen molar-refractivity contribution in [3.8, 4) is 0 Å². The molecule has 0 saturated heterocycles. The number of anilines is 5. The summed E-state index contributed by atoms with van der Waals surface area (Å²) in [7, 11) is 1.11. The summed E-state index contributed by atoms with van der Waals surface area (Å²) in [6.45, 7) is 21.1. The topological polar surface area (TPSA) is 249 Å². The Balaban J connectivity index is 0.000000294. The minimum absolute atomic E-state index is 0.156. The van der Waals surface area contributed by atoms with E-state index >= 15 is 0 Å². The average molecular weight is 1050 g/mol. The lowest BCUT2D eigenvalue weighted by atomic mass is 9.64. The molecule has 2 saturated carbocycles. The second kappa shape index (κ2) is 27.8. The molecule has 0 atom stereocenters. The zero-order valence-corrected chi connectivity index (χ0v) is 44.6. The molecular weight excluding hydrogens is 973 g/mol. The van der Waals surface area contributed by atoms with E-state index in [1.54, 1.807) is 24.8 Å². The number of aliphatic carboxylic acids is 2. The summed E-state index contributed by atoms with van der Waals surface area (Å²) >= 11 is 15.0. The summed E-state index contributed by atoms with van der Waals surface area (Å²) in [5.74, 6) is 0.277. The number of halogens is 3. The maximum Gasteiger partial charge on any atom is 0.511 e. The number of rotatable bonds is 17. The van der Waals surface area contributed by atoms with Gasteiger partial charge in [0, 0.05) is 38.6 Å². The van der Waals surface area contributed by atoms with E-state index in [4.69, 9.17) is 46.3 Å². The molecule has 2 aromatic carbocycles. The van der Waals surface area contributed by atoms with Crippen LogP contribution in [0.4, 0.5) is 33.2 Å². The third kappa shape index (κ3) is 18.8. The lowest BCUT2D eigenvalue weighted by molar-refractivity contribution is -0.148. The van der Waals surface area contributed by atoms with E-state index in [-0.39, 0.29) is 12.3 Å². The van der Waals surface area contributed by atoms with Crippen LogP contribution < -0.4 is 26.6 Å². The van der Waals surface area contributed by atoms with E-state index in [0.717, 1.165) is 74.2 Å². The fourth-order valence-electron chi connectivity index (χ4n) is 8.22. The lowest BCUT2D eigenvalue weighted by Crippen LogP contribution is -2.42. The van der Waals surface area contributed by atoms with Gasteiger partial charge in [-0.2, -0.15) is 0 Å². The molecule has 1 amide bonds. The van der Waals surface area contributed by atoms with E-state index in [9.17, 15) is 29.4 Å². The van der Waals surface area contributed by atoms with E-state index in [1.165, 1.54) is 12.7 Å². The van der Waals surface area contributed by atoms with Crippen molar-refractivity contribution in [2.45, 2.75) is 115 Å². The maximum absolute atomic E-state index is 12.9. The van der Waals surface area contributed by atoms with Gasteiger partial charge in [-0.25, -0.2) is 24.7 Å². The van der Waals surface area contributed by atoms with Crippen LogP contribution in [-0.2, 0) is 41.1 Å². The Bertz CT molecular complexity index is 2290. The number of carbonyl (C=O) groups is 4. The number of carboxylic acid groups (broad SMARTS) is 2. The molecule has 0 bridgehead atoms. The van der Waals surface area contributed by atoms with Gasteiger partial charge in [0.1, 0.15) is 12.7 Å². The van der Waals surface area contributed by atoms with Crippen LogP contribution in [-0.4, -0.2) is 91.4 Å². The normalized spacial score (nSPS) is 14.2. The minimum Gasteiger partial charge on any atom is -0.481 e. The van der Waals surface area contributed by atoms with Crippen LogP contribution in [0.5, 0.6) is 0 Å². The van der Waals surface area contributed by atoms with Gasteiger partial charge >= 0.3 is 22.1 Å². The lowest BCUT2D eigenvalue weighted by Gasteiger charge is -2.39. The van der Waals surface area contributed by atoms with Crippen LogP contribution in [0.1, 0.15) is 111 Å². The van der Waals surface area contributed by atoms with Gasteiger partial charge in [-0.15, -0.1) is 0 Å². The zero-order valence-electron chi connectivity index (χ0n) is 42.3. The fraction of sp³-hybridized carbons (Fsp3) is 0.529. The Morgan fingerprint density at radius 2 is 1.08 bits per heavy atom. The van der Waals surface area contributed by atoms with Crippen molar-refractivity contribution in [2.24, 2.45) is 23.7 Å². The van der Waals surface area contributed by atoms with Gasteiger partial charge in [0.25, 0.3) is 0 Å². The van der Waals surface area contributed by atoms with Crippen LogP contribution in [0.3, 0.4) is 0 Å². The summed E-state index contributed by atoms with van der Waals surface area (Å²) < 4.78 is 6.00. The number of carbonyl (C=O) groups excluding carboxylic acids is 2. The van der Waals surface area contributed by atoms with Gasteiger partial charge in [-0.1, -0.05) is 80.4 Å². The monoisotopic (exact) mass is 1040 g/mol. The van der Waals surface area contributed by atoms with Crippen molar-refractivity contribution in [1.29, 1.82) is 0 Å². The largest absolute Gasteiger partial charge is 0.511 e. The number of carboxylic acids is 2. The fourth-order valence-corrected chi connectivity index (χ4v) is 8.40. The Morgan fingerprint density at radius 3 is 1.41 bits per heavy atom. The Hall–Kier alpha value is -5.65. The van der Waals surface area contributed by atoms with Crippen molar-refractivity contribution < 1.29 is 38.9 Å². The van der Waals surface area contributed by atoms with Gasteiger partial charge < -0.3 is 46.3 Å². The van der Waals surface area contributed by atoms with Crippen LogP contribution in [0, 0.1) is 23.7 Å². The summed E-state index contributed by atoms with van der Waals surface area (Å²) in [6.07, 6.45) is 12.9. The van der Waals surface area contributed by atoms with Crippen LogP contribution in [0.15, 0.2) is 73.8 Å². The first-order valence-electron chi connectivity index (χ1n) is 23.7. The predicted molar refractivity (Wildman–Crippen MR) is 282 cm³/mol. The number of nitrogen functional groups attached to an aromatic ring is 2. The van der Waals surface area contributed by atoms with E-state index in [1.807, 2.05) is 36.4 Å². The third-order valence-corrected chi connectivity index (χ3v) is 11.8. The summed E-state index contributed by atoms with van der Waals surface area (Å²) in [4.78, 5) is 66.6. The molecule has 7 N–H and O–H groups in total. The number of nitrogens with zero attached hydrogens (tertiary/aromatic N) is 6. The van der Waals surface area contributed by atoms with Crippen molar-refractivity contribution in [1.82, 2.24) is 19.9 Å². The van der Waals surface area contributed by atoms with Gasteiger partial charge in [-0.05, 0) is 125 Å². The zero-order chi connectivity index (χ0) is 53.1. The van der Waals surface area contributed by atoms with E-state index in [2.05, 4.69) is 99.9 Å². The number of nitrogens with one attached hydrogen (secondary N) is 1. The smallest absolute Gasteiger partial charge is 0.481 e. The number of alkyl halides is 3. The molecule has 0 aliphatic heterocycles. The first-order chi connectivity index (χ1) is 33.3. The molecule has 4 aromatic rings. The van der Waals surface area contributed by atoms with Crippen LogP contribution >= 0.6 is 34.8 Å². The number of nitrogens with two attached hydrogens (primary N) is 2. The molecule has 6 rings (SSSR count). The van der Waals surface area contributed by atoms with Gasteiger partial charge in [0.2, 0.25) is 5.91 Å². The molecule has 2 fully saturated rings. The molecule has 2 aromatic heterocycles. The van der Waals surface area contributed by atoms with Crippen molar-refractivity contribution in [2.75, 3.05) is 59.9 Å². The van der Waals surface area contributed by atoms with Gasteiger partial charge in [0.15, 0.2) is 0 Å². The van der Waals surface area contributed by atoms with E-state index in [0.29, 0.717) is 66.4 Å². The SMILES string of the molecule is CC(C)CN(CC(C)C)c1ccc(C2(C(=O)O)CCC2)cc1N.CC(C)CN(CC(C)C)c1ccc(C2(C(=O)O)CCC2)cc1NC(=O)Cc1cncnc1.COC(=O)OC(Cl)(Cl)Cl.Nc1cncnc1. The molecule has 17 nitrogen and oxygen atoms in total. The maximum atomic E-state index is 12.9. The van der Waals surface area contributed by atoms with Crippen LogP contribution in [0.2, 0.25) is 0 Å². The average Bonchev–Trinajstić information content (AvgIpc) is 3.22. The van der Waals surface area contributed by atoms with Gasteiger partial charge in [0.05, 0.1) is 65.2 Å². The van der Waals surface area contributed by atoms with Gasteiger partial charge in [-0.3, -0.25) is 14.4 Å². The second-order valence-corrected chi connectivity index (χ2v) is 21.7. The number of benzene rings is 2.